The molecule has 0 aliphatic heterocycles. The van der Waals surface area contributed by atoms with Crippen LogP contribution in [0.2, 0.25) is 5.02 Å². The molecule has 0 bridgehead atoms. The Morgan fingerprint density at radius 1 is 1.26 bits per heavy atom. The van der Waals surface area contributed by atoms with Crippen LogP contribution in [0.3, 0.4) is 0 Å². The van der Waals surface area contributed by atoms with Gasteiger partial charge in [-0.2, -0.15) is 0 Å². The van der Waals surface area contributed by atoms with Gasteiger partial charge >= 0.3 is 0 Å². The Morgan fingerprint density at radius 3 is 2.83 bits per heavy atom. The van der Waals surface area contributed by atoms with Crippen molar-refractivity contribution in [2.24, 2.45) is 0 Å². The Balaban J connectivity index is 2.03. The van der Waals surface area contributed by atoms with E-state index in [2.05, 4.69) is 31.2 Å². The Morgan fingerprint density at radius 2 is 2.04 bits per heavy atom. The molecule has 2 aromatic heterocycles. The van der Waals surface area contributed by atoms with E-state index in [9.17, 15) is 4.79 Å². The molecule has 2 heterocycles. The summed E-state index contributed by atoms with van der Waals surface area (Å²) in [5.74, 6) is 0. The summed E-state index contributed by atoms with van der Waals surface area (Å²) in [6.07, 6.45) is 1.63. The number of pyridine rings is 2. The summed E-state index contributed by atoms with van der Waals surface area (Å²) in [6.45, 7) is 4.35. The Kier molecular flexibility index (Phi) is 4.41. The quantitative estimate of drug-likeness (QED) is 0.686. The lowest BCUT2D eigenvalue weighted by atomic mass is 10.1. The highest BCUT2D eigenvalue weighted by Gasteiger charge is 2.09. The van der Waals surface area contributed by atoms with Gasteiger partial charge in [-0.25, -0.2) is 0 Å². The van der Waals surface area contributed by atoms with Crippen LogP contribution in [0.4, 0.5) is 5.69 Å². The summed E-state index contributed by atoms with van der Waals surface area (Å²) >= 11 is 9.55. The molecule has 6 heteroatoms. The molecule has 3 rings (SSSR count). The number of nitrogens with one attached hydrogen (secondary N) is 2. The van der Waals surface area contributed by atoms with Crippen LogP contribution in [0.1, 0.15) is 16.8 Å². The number of anilines is 1. The molecule has 0 amide bonds. The van der Waals surface area contributed by atoms with E-state index in [0.29, 0.717) is 17.1 Å². The topological polar surface area (TPSA) is 57.8 Å². The molecule has 23 heavy (non-hydrogen) atoms. The van der Waals surface area contributed by atoms with Gasteiger partial charge in [-0.1, -0.05) is 11.6 Å². The number of hydrogen-bond acceptors (Lipinski definition) is 3. The summed E-state index contributed by atoms with van der Waals surface area (Å²) in [5, 5.41) is 4.95. The largest absolute Gasteiger partial charge is 0.380 e. The Bertz CT molecular complexity index is 952. The lowest BCUT2D eigenvalue weighted by Gasteiger charge is -2.12. The fourth-order valence-electron chi connectivity index (χ4n) is 2.55. The van der Waals surface area contributed by atoms with Crippen LogP contribution in [0.5, 0.6) is 0 Å². The maximum absolute atomic E-state index is 11.9. The van der Waals surface area contributed by atoms with Crippen molar-refractivity contribution in [1.29, 1.82) is 0 Å². The second kappa shape index (κ2) is 6.34. The van der Waals surface area contributed by atoms with E-state index in [0.717, 1.165) is 32.3 Å². The predicted molar refractivity (Wildman–Crippen MR) is 98.3 cm³/mol. The van der Waals surface area contributed by atoms with Gasteiger partial charge in [0, 0.05) is 44.6 Å². The monoisotopic (exact) mass is 391 g/mol. The highest BCUT2D eigenvalue weighted by molar-refractivity contribution is 9.10. The fraction of sp³-hybridized carbons (Fsp3) is 0.176. The molecule has 0 saturated carbocycles. The van der Waals surface area contributed by atoms with Gasteiger partial charge in [0.2, 0.25) is 0 Å². The van der Waals surface area contributed by atoms with Crippen molar-refractivity contribution in [3.8, 4) is 0 Å². The first-order chi connectivity index (χ1) is 10.9. The number of fused-ring (bicyclic) bond motifs is 1. The molecule has 2 N–H and O–H groups in total. The van der Waals surface area contributed by atoms with Crippen LogP contribution >= 0.6 is 27.5 Å². The molecule has 0 spiro atoms. The minimum Gasteiger partial charge on any atom is -0.380 e. The number of nitrogens with zero attached hydrogens (tertiary/aromatic N) is 1. The molecule has 0 unspecified atom stereocenters. The van der Waals surface area contributed by atoms with Crippen molar-refractivity contribution in [2.75, 3.05) is 5.32 Å². The van der Waals surface area contributed by atoms with Gasteiger partial charge in [0.1, 0.15) is 0 Å². The maximum Gasteiger partial charge on any atom is 0.252 e. The van der Waals surface area contributed by atoms with Gasteiger partial charge in [-0.05, 0) is 59.6 Å². The number of halogens is 2. The molecule has 0 radical (unpaired) electrons. The summed E-state index contributed by atoms with van der Waals surface area (Å²) < 4.78 is 0.837. The third-order valence-corrected chi connectivity index (χ3v) is 4.29. The molecule has 0 saturated heterocycles. The molecular weight excluding hydrogens is 378 g/mol. The second-order valence-electron chi connectivity index (χ2n) is 5.46. The average molecular weight is 393 g/mol. The first-order valence-electron chi connectivity index (χ1n) is 7.12. The molecule has 118 valence electrons. The summed E-state index contributed by atoms with van der Waals surface area (Å²) in [5.41, 5.74) is 4.32. The average Bonchev–Trinajstić information content (AvgIpc) is 2.49. The maximum atomic E-state index is 11.9. The number of rotatable bonds is 3. The highest BCUT2D eigenvalue weighted by Crippen LogP contribution is 2.29. The van der Waals surface area contributed by atoms with E-state index >= 15 is 0 Å². The van der Waals surface area contributed by atoms with Gasteiger partial charge in [0.05, 0.1) is 5.52 Å². The molecule has 0 aliphatic carbocycles. The molecule has 0 atom stereocenters. The van der Waals surface area contributed by atoms with Crippen molar-refractivity contribution >= 4 is 44.1 Å². The first kappa shape index (κ1) is 16.0. The van der Waals surface area contributed by atoms with Crippen molar-refractivity contribution in [2.45, 2.75) is 20.4 Å². The fourth-order valence-corrected chi connectivity index (χ4v) is 3.22. The standard InChI is InChI=1S/C17H15BrClN3O/c1-9-3-13(19)6-14-15(4-10(2)22-16(9)14)20-7-11-5-12(18)8-21-17(11)23/h3-6,8H,7H2,1-2H3,(H,20,22)(H,21,23). The number of aromatic nitrogens is 2. The smallest absolute Gasteiger partial charge is 0.252 e. The van der Waals surface area contributed by atoms with Crippen LogP contribution in [-0.4, -0.2) is 9.97 Å². The lowest BCUT2D eigenvalue weighted by Crippen LogP contribution is -2.15. The van der Waals surface area contributed by atoms with E-state index in [4.69, 9.17) is 11.6 Å². The van der Waals surface area contributed by atoms with E-state index in [1.165, 1.54) is 0 Å². The van der Waals surface area contributed by atoms with Gasteiger partial charge in [0.25, 0.3) is 5.56 Å². The minimum atomic E-state index is -0.106. The molecule has 1 aromatic carbocycles. The van der Waals surface area contributed by atoms with Crippen LogP contribution < -0.4 is 10.9 Å². The normalized spacial score (nSPS) is 11.0. The summed E-state index contributed by atoms with van der Waals surface area (Å²) in [6, 6.07) is 7.56. The Hall–Kier alpha value is -1.85. The number of benzene rings is 1. The second-order valence-corrected chi connectivity index (χ2v) is 6.81. The molecule has 0 aliphatic rings. The number of aromatic amines is 1. The van der Waals surface area contributed by atoms with Crippen LogP contribution in [0.15, 0.2) is 39.7 Å². The van der Waals surface area contributed by atoms with Gasteiger partial charge in [-0.15, -0.1) is 0 Å². The van der Waals surface area contributed by atoms with E-state index in [1.807, 2.05) is 32.0 Å². The van der Waals surface area contributed by atoms with Crippen LogP contribution in [0.25, 0.3) is 10.9 Å². The van der Waals surface area contributed by atoms with Crippen molar-refractivity contribution in [3.05, 3.63) is 67.1 Å². The summed E-state index contributed by atoms with van der Waals surface area (Å²) in [4.78, 5) is 19.2. The molecular formula is C17H15BrClN3O. The van der Waals surface area contributed by atoms with Gasteiger partial charge < -0.3 is 10.3 Å². The zero-order valence-corrected chi connectivity index (χ0v) is 15.0. The molecule has 4 nitrogen and oxygen atoms in total. The van der Waals surface area contributed by atoms with Gasteiger partial charge in [0.15, 0.2) is 0 Å². The Labute approximate surface area is 147 Å². The first-order valence-corrected chi connectivity index (χ1v) is 8.29. The third-order valence-electron chi connectivity index (χ3n) is 3.61. The lowest BCUT2D eigenvalue weighted by molar-refractivity contribution is 1.06. The third kappa shape index (κ3) is 3.41. The zero-order valence-electron chi connectivity index (χ0n) is 12.7. The van der Waals surface area contributed by atoms with E-state index in [-0.39, 0.29) is 5.56 Å². The van der Waals surface area contributed by atoms with Crippen molar-refractivity contribution < 1.29 is 0 Å². The van der Waals surface area contributed by atoms with Crippen molar-refractivity contribution in [3.63, 3.8) is 0 Å². The van der Waals surface area contributed by atoms with E-state index in [1.54, 1.807) is 12.3 Å². The molecule has 3 aromatic rings. The summed E-state index contributed by atoms with van der Waals surface area (Å²) in [7, 11) is 0. The number of H-pyrrole nitrogens is 1. The van der Waals surface area contributed by atoms with E-state index < -0.39 is 0 Å². The minimum absolute atomic E-state index is 0.106. The predicted octanol–water partition coefficient (Wildman–Crippen LogP) is 4.57. The molecule has 0 fully saturated rings. The number of aryl methyl sites for hydroxylation is 2. The SMILES string of the molecule is Cc1cc(NCc2cc(Br)c[nH]c2=O)c2cc(Cl)cc(C)c2n1. The van der Waals surface area contributed by atoms with Crippen LogP contribution in [0, 0.1) is 13.8 Å². The number of hydrogen-bond donors (Lipinski definition) is 2. The van der Waals surface area contributed by atoms with Gasteiger partial charge in [-0.3, -0.25) is 9.78 Å². The van der Waals surface area contributed by atoms with Crippen LogP contribution in [-0.2, 0) is 6.54 Å². The van der Waals surface area contributed by atoms with Crippen molar-refractivity contribution in [1.82, 2.24) is 9.97 Å². The highest BCUT2D eigenvalue weighted by atomic mass is 79.9. The zero-order chi connectivity index (χ0) is 16.6.